The Morgan fingerprint density at radius 1 is 1.33 bits per heavy atom. The first-order valence-electron chi connectivity index (χ1n) is 6.18. The number of aromatic nitrogens is 2. The number of nitrogens with two attached hydrogens (primary N) is 1. The predicted octanol–water partition coefficient (Wildman–Crippen LogP) is 0.723. The van der Waals surface area contributed by atoms with E-state index in [2.05, 4.69) is 9.97 Å². The molecule has 0 aromatic carbocycles. The first kappa shape index (κ1) is 16.9. The molecule has 3 amide bonds. The molecule has 9 heteroatoms. The zero-order chi connectivity index (χ0) is 16.0. The summed E-state index contributed by atoms with van der Waals surface area (Å²) < 4.78 is 0. The summed E-state index contributed by atoms with van der Waals surface area (Å²) in [5.41, 5.74) is 5.24. The molecule has 4 N–H and O–H groups in total. The van der Waals surface area contributed by atoms with Crippen LogP contribution in [0.25, 0.3) is 0 Å². The van der Waals surface area contributed by atoms with Crippen LogP contribution in [0.15, 0.2) is 5.03 Å². The summed E-state index contributed by atoms with van der Waals surface area (Å²) in [6, 6.07) is -0.914. The highest BCUT2D eigenvalue weighted by Gasteiger charge is 2.18. The molecule has 0 atom stereocenters. The van der Waals surface area contributed by atoms with Crippen LogP contribution in [-0.2, 0) is 11.2 Å². The van der Waals surface area contributed by atoms with Crippen LogP contribution in [-0.4, -0.2) is 38.7 Å². The Bertz CT molecular complexity index is 577. The van der Waals surface area contributed by atoms with E-state index in [9.17, 15) is 19.5 Å². The summed E-state index contributed by atoms with van der Waals surface area (Å²) in [4.78, 5) is 41.3. The Balaban J connectivity index is 2.82. The average molecular weight is 312 g/mol. The molecule has 0 aliphatic heterocycles. The van der Waals surface area contributed by atoms with Gasteiger partial charge in [-0.1, -0.05) is 6.92 Å². The van der Waals surface area contributed by atoms with Crippen molar-refractivity contribution in [1.29, 1.82) is 0 Å². The van der Waals surface area contributed by atoms with Crippen LogP contribution in [0, 0.1) is 6.92 Å². The maximum Gasteiger partial charge on any atom is 0.340 e. The minimum Gasteiger partial charge on any atom is -0.478 e. The van der Waals surface area contributed by atoms with E-state index >= 15 is 0 Å². The number of amides is 3. The van der Waals surface area contributed by atoms with Crippen molar-refractivity contribution in [2.75, 3.05) is 5.75 Å². The quantitative estimate of drug-likeness (QED) is 0.520. The maximum atomic E-state index is 11.3. The fourth-order valence-electron chi connectivity index (χ4n) is 1.55. The molecule has 21 heavy (non-hydrogen) atoms. The lowest BCUT2D eigenvalue weighted by atomic mass is 10.2. The second-order valence-electron chi connectivity index (χ2n) is 4.07. The zero-order valence-electron chi connectivity index (χ0n) is 11.7. The normalized spacial score (nSPS) is 10.2. The number of nitrogens with zero attached hydrogens (tertiary/aromatic N) is 2. The molecule has 0 fully saturated rings. The molecular formula is C12H16N4O4S. The number of primary amides is 1. The van der Waals surface area contributed by atoms with Gasteiger partial charge in [0.15, 0.2) is 0 Å². The van der Waals surface area contributed by atoms with E-state index in [-0.39, 0.29) is 17.7 Å². The zero-order valence-corrected chi connectivity index (χ0v) is 12.5. The number of aromatic carboxylic acids is 1. The maximum absolute atomic E-state index is 11.3. The smallest absolute Gasteiger partial charge is 0.340 e. The number of hydrogen-bond acceptors (Lipinski definition) is 6. The van der Waals surface area contributed by atoms with Crippen molar-refractivity contribution in [3.63, 3.8) is 0 Å². The van der Waals surface area contributed by atoms with Crippen LogP contribution < -0.4 is 11.1 Å². The van der Waals surface area contributed by atoms with Crippen LogP contribution in [0.1, 0.15) is 35.2 Å². The number of carboxylic acids is 1. The third-order valence-corrected chi connectivity index (χ3v) is 3.44. The number of urea groups is 1. The standard InChI is InChI=1S/C12H16N4O4S/c1-3-7-14-6(2)9(11(18)19)10(15-7)21-5-4-8(17)16-12(13)20/h3-5H2,1-2H3,(H,18,19)(H3,13,16,17,20). The number of nitrogens with one attached hydrogen (secondary N) is 1. The van der Waals surface area contributed by atoms with E-state index in [1.807, 2.05) is 12.2 Å². The summed E-state index contributed by atoms with van der Waals surface area (Å²) in [6.07, 6.45) is 0.605. The molecular weight excluding hydrogens is 296 g/mol. The Morgan fingerprint density at radius 3 is 2.52 bits per heavy atom. The van der Waals surface area contributed by atoms with Gasteiger partial charge in [0.1, 0.15) is 16.4 Å². The summed E-state index contributed by atoms with van der Waals surface area (Å²) in [6.45, 7) is 3.47. The van der Waals surface area contributed by atoms with Gasteiger partial charge in [0.25, 0.3) is 0 Å². The van der Waals surface area contributed by atoms with Gasteiger partial charge >= 0.3 is 12.0 Å². The predicted molar refractivity (Wildman–Crippen MR) is 76.2 cm³/mol. The SMILES string of the molecule is CCc1nc(C)c(C(=O)O)c(SCCC(=O)NC(N)=O)n1. The Kier molecular flexibility index (Phi) is 6.10. The van der Waals surface area contributed by atoms with E-state index in [1.165, 1.54) is 0 Å². The van der Waals surface area contributed by atoms with Crippen molar-refractivity contribution in [2.24, 2.45) is 5.73 Å². The molecule has 1 aromatic rings. The van der Waals surface area contributed by atoms with Gasteiger partial charge in [-0.05, 0) is 6.92 Å². The molecule has 0 saturated heterocycles. The van der Waals surface area contributed by atoms with Gasteiger partial charge in [-0.3, -0.25) is 10.1 Å². The monoisotopic (exact) mass is 312 g/mol. The number of carbonyl (C=O) groups excluding carboxylic acids is 2. The number of carbonyl (C=O) groups is 3. The van der Waals surface area contributed by atoms with Crippen LogP contribution in [0.2, 0.25) is 0 Å². The van der Waals surface area contributed by atoms with E-state index in [0.29, 0.717) is 23.0 Å². The second kappa shape index (κ2) is 7.58. The second-order valence-corrected chi connectivity index (χ2v) is 5.16. The van der Waals surface area contributed by atoms with E-state index in [0.717, 1.165) is 11.8 Å². The van der Waals surface area contributed by atoms with E-state index in [1.54, 1.807) is 6.92 Å². The fraction of sp³-hybridized carbons (Fsp3) is 0.417. The first-order valence-corrected chi connectivity index (χ1v) is 7.16. The average Bonchev–Trinajstić information content (AvgIpc) is 2.36. The first-order chi connectivity index (χ1) is 9.85. The molecule has 0 aliphatic rings. The molecule has 0 aliphatic carbocycles. The molecule has 0 radical (unpaired) electrons. The van der Waals surface area contributed by atoms with Gasteiger partial charge in [0, 0.05) is 18.6 Å². The summed E-state index contributed by atoms with van der Waals surface area (Å²) in [5.74, 6) is -0.812. The summed E-state index contributed by atoms with van der Waals surface area (Å²) >= 11 is 1.13. The molecule has 0 bridgehead atoms. The third kappa shape index (κ3) is 5.03. The molecule has 114 valence electrons. The van der Waals surface area contributed by atoms with Crippen molar-refractivity contribution in [3.05, 3.63) is 17.1 Å². The summed E-state index contributed by atoms with van der Waals surface area (Å²) in [5, 5.41) is 11.5. The lowest BCUT2D eigenvalue weighted by molar-refractivity contribution is -0.119. The van der Waals surface area contributed by atoms with Crippen molar-refractivity contribution in [2.45, 2.75) is 31.7 Å². The van der Waals surface area contributed by atoms with Crippen molar-refractivity contribution in [3.8, 4) is 0 Å². The van der Waals surface area contributed by atoms with Crippen molar-refractivity contribution < 1.29 is 19.5 Å². The molecule has 0 spiro atoms. The summed E-state index contributed by atoms with van der Waals surface area (Å²) in [7, 11) is 0. The highest BCUT2D eigenvalue weighted by molar-refractivity contribution is 7.99. The number of thioether (sulfide) groups is 1. The van der Waals surface area contributed by atoms with Crippen molar-refractivity contribution in [1.82, 2.24) is 15.3 Å². The van der Waals surface area contributed by atoms with Gasteiger partial charge in [0.2, 0.25) is 5.91 Å². The topological polar surface area (TPSA) is 135 Å². The molecule has 1 aromatic heterocycles. The van der Waals surface area contributed by atoms with Crippen LogP contribution in [0.3, 0.4) is 0 Å². The number of imide groups is 1. The van der Waals surface area contributed by atoms with Crippen LogP contribution >= 0.6 is 11.8 Å². The van der Waals surface area contributed by atoms with Crippen LogP contribution in [0.4, 0.5) is 4.79 Å². The lowest BCUT2D eigenvalue weighted by Crippen LogP contribution is -2.35. The van der Waals surface area contributed by atoms with Gasteiger partial charge in [0.05, 0.1) is 5.69 Å². The van der Waals surface area contributed by atoms with E-state index in [4.69, 9.17) is 5.73 Å². The van der Waals surface area contributed by atoms with Crippen LogP contribution in [0.5, 0.6) is 0 Å². The van der Waals surface area contributed by atoms with Gasteiger partial charge in [-0.25, -0.2) is 19.6 Å². The minimum atomic E-state index is -1.11. The number of carboxylic acid groups (broad SMARTS) is 1. The molecule has 0 saturated carbocycles. The molecule has 1 rings (SSSR count). The van der Waals surface area contributed by atoms with Gasteiger partial charge in [-0.15, -0.1) is 11.8 Å². The highest BCUT2D eigenvalue weighted by atomic mass is 32.2. The Hall–Kier alpha value is -2.16. The largest absolute Gasteiger partial charge is 0.478 e. The molecule has 0 unspecified atom stereocenters. The van der Waals surface area contributed by atoms with Gasteiger partial charge < -0.3 is 10.8 Å². The number of aryl methyl sites for hydroxylation is 2. The fourth-order valence-corrected chi connectivity index (χ4v) is 2.58. The van der Waals surface area contributed by atoms with Crippen molar-refractivity contribution >= 4 is 29.7 Å². The number of hydrogen-bond donors (Lipinski definition) is 3. The third-order valence-electron chi connectivity index (χ3n) is 2.46. The molecule has 1 heterocycles. The number of rotatable bonds is 6. The van der Waals surface area contributed by atoms with Gasteiger partial charge in [-0.2, -0.15) is 0 Å². The highest BCUT2D eigenvalue weighted by Crippen LogP contribution is 2.23. The Morgan fingerprint density at radius 2 is 2.00 bits per heavy atom. The molecule has 8 nitrogen and oxygen atoms in total. The Labute approximate surface area is 125 Å². The van der Waals surface area contributed by atoms with E-state index < -0.39 is 17.9 Å². The lowest BCUT2D eigenvalue weighted by Gasteiger charge is -2.09. The minimum absolute atomic E-state index is 0.0250.